The predicted octanol–water partition coefficient (Wildman–Crippen LogP) is 1.90. The minimum absolute atomic E-state index is 0.150. The van der Waals surface area contributed by atoms with Gasteiger partial charge in [-0.25, -0.2) is 4.79 Å². The molecule has 0 aromatic heterocycles. The number of hydrogen-bond acceptors (Lipinski definition) is 6. The number of carbonyl (C=O) groups is 1. The molecule has 2 aromatic rings. The molecule has 1 heterocycles. The van der Waals surface area contributed by atoms with Crippen LogP contribution in [0, 0.1) is 0 Å². The van der Waals surface area contributed by atoms with E-state index in [0.717, 1.165) is 5.56 Å². The Balaban J connectivity index is 1.54. The van der Waals surface area contributed by atoms with Crippen LogP contribution >= 0.6 is 0 Å². The van der Waals surface area contributed by atoms with Gasteiger partial charge in [0.2, 0.25) is 0 Å². The molecule has 4 unspecified atom stereocenters. The van der Waals surface area contributed by atoms with Crippen LogP contribution in [0.25, 0.3) is 0 Å². The molecule has 0 bridgehead atoms. The maximum absolute atomic E-state index is 12.0. The van der Waals surface area contributed by atoms with E-state index >= 15 is 0 Å². The van der Waals surface area contributed by atoms with Gasteiger partial charge >= 0.3 is 5.97 Å². The summed E-state index contributed by atoms with van der Waals surface area (Å²) in [4.78, 5) is 12.0. The highest BCUT2D eigenvalue weighted by molar-refractivity contribution is 5.89. The maximum atomic E-state index is 12.0. The average Bonchev–Trinajstić information content (AvgIpc) is 2.68. The standard InChI is InChI=1S/C20H22O6/c21-18-11-16(24-12-14-7-3-1-4-8-14)19(22)17(26-18)13-25-20(23)15-9-5-2-6-10-15/h1-10,16-19,21-22H,11-13H2. The van der Waals surface area contributed by atoms with Crippen molar-refractivity contribution in [2.24, 2.45) is 0 Å². The fraction of sp³-hybridized carbons (Fsp3) is 0.350. The topological polar surface area (TPSA) is 85.2 Å². The molecule has 1 fully saturated rings. The van der Waals surface area contributed by atoms with Crippen molar-refractivity contribution in [3.05, 3.63) is 71.8 Å². The zero-order chi connectivity index (χ0) is 18.4. The third-order valence-electron chi connectivity index (χ3n) is 4.22. The second-order valence-electron chi connectivity index (χ2n) is 6.16. The lowest BCUT2D eigenvalue weighted by Gasteiger charge is -2.37. The third-order valence-corrected chi connectivity index (χ3v) is 4.22. The van der Waals surface area contributed by atoms with Gasteiger partial charge in [0, 0.05) is 6.42 Å². The second-order valence-corrected chi connectivity index (χ2v) is 6.16. The monoisotopic (exact) mass is 358 g/mol. The number of carbonyl (C=O) groups excluding carboxylic acids is 1. The summed E-state index contributed by atoms with van der Waals surface area (Å²) in [6.07, 6.45) is -3.41. The molecule has 0 amide bonds. The van der Waals surface area contributed by atoms with Gasteiger partial charge < -0.3 is 24.4 Å². The molecule has 0 spiro atoms. The molecule has 1 aliphatic rings. The van der Waals surface area contributed by atoms with Crippen LogP contribution < -0.4 is 0 Å². The Labute approximate surface area is 151 Å². The number of aliphatic hydroxyl groups is 2. The molecule has 26 heavy (non-hydrogen) atoms. The van der Waals surface area contributed by atoms with Gasteiger partial charge in [-0.05, 0) is 17.7 Å². The van der Waals surface area contributed by atoms with Crippen molar-refractivity contribution in [2.75, 3.05) is 6.61 Å². The van der Waals surface area contributed by atoms with E-state index in [0.29, 0.717) is 12.2 Å². The highest BCUT2D eigenvalue weighted by atomic mass is 16.6. The highest BCUT2D eigenvalue weighted by Gasteiger charge is 2.38. The van der Waals surface area contributed by atoms with Crippen molar-refractivity contribution < 1.29 is 29.2 Å². The van der Waals surface area contributed by atoms with Gasteiger partial charge in [0.15, 0.2) is 6.29 Å². The van der Waals surface area contributed by atoms with E-state index < -0.39 is 30.6 Å². The molecule has 6 heteroatoms. The predicted molar refractivity (Wildman–Crippen MR) is 93.2 cm³/mol. The normalized spacial score (nSPS) is 25.6. The molecule has 2 N–H and O–H groups in total. The molecule has 6 nitrogen and oxygen atoms in total. The van der Waals surface area contributed by atoms with E-state index in [1.807, 2.05) is 30.3 Å². The fourth-order valence-corrected chi connectivity index (χ4v) is 2.81. The summed E-state index contributed by atoms with van der Waals surface area (Å²) < 4.78 is 16.3. The molecule has 2 aromatic carbocycles. The zero-order valence-corrected chi connectivity index (χ0v) is 14.2. The number of hydrogen-bond donors (Lipinski definition) is 2. The van der Waals surface area contributed by atoms with Crippen LogP contribution in [0.15, 0.2) is 60.7 Å². The molecule has 1 saturated heterocycles. The van der Waals surface area contributed by atoms with Crippen LogP contribution in [0.1, 0.15) is 22.3 Å². The summed E-state index contributed by atoms with van der Waals surface area (Å²) in [5.41, 5.74) is 1.38. The van der Waals surface area contributed by atoms with Gasteiger partial charge in [0.25, 0.3) is 0 Å². The molecular weight excluding hydrogens is 336 g/mol. The van der Waals surface area contributed by atoms with Crippen molar-refractivity contribution in [1.29, 1.82) is 0 Å². The van der Waals surface area contributed by atoms with Crippen molar-refractivity contribution in [2.45, 2.75) is 37.6 Å². The molecule has 4 atom stereocenters. The lowest BCUT2D eigenvalue weighted by molar-refractivity contribution is -0.249. The van der Waals surface area contributed by atoms with Crippen LogP contribution in [-0.2, 0) is 20.8 Å². The largest absolute Gasteiger partial charge is 0.459 e. The van der Waals surface area contributed by atoms with Crippen molar-refractivity contribution in [3.63, 3.8) is 0 Å². The quantitative estimate of drug-likeness (QED) is 0.767. The van der Waals surface area contributed by atoms with E-state index in [1.54, 1.807) is 30.3 Å². The van der Waals surface area contributed by atoms with Gasteiger partial charge in [0.05, 0.1) is 18.3 Å². The number of aliphatic hydroxyl groups excluding tert-OH is 2. The first-order valence-corrected chi connectivity index (χ1v) is 8.53. The Bertz CT molecular complexity index is 690. The van der Waals surface area contributed by atoms with Crippen molar-refractivity contribution >= 4 is 5.97 Å². The van der Waals surface area contributed by atoms with E-state index in [9.17, 15) is 15.0 Å². The van der Waals surface area contributed by atoms with Gasteiger partial charge in [-0.3, -0.25) is 0 Å². The Hall–Kier alpha value is -2.25. The summed E-state index contributed by atoms with van der Waals surface area (Å²) in [6.45, 7) is 0.142. The van der Waals surface area contributed by atoms with E-state index in [2.05, 4.69) is 0 Å². The Morgan fingerprint density at radius 1 is 1.04 bits per heavy atom. The summed E-state index contributed by atoms with van der Waals surface area (Å²) >= 11 is 0. The summed E-state index contributed by atoms with van der Waals surface area (Å²) in [6, 6.07) is 18.1. The number of rotatable bonds is 6. The molecule has 1 aliphatic heterocycles. The molecule has 0 radical (unpaired) electrons. The lowest BCUT2D eigenvalue weighted by atomic mass is 10.0. The number of benzene rings is 2. The SMILES string of the molecule is O=C(OCC1OC(O)CC(OCc2ccccc2)C1O)c1ccccc1. The van der Waals surface area contributed by atoms with E-state index in [1.165, 1.54) is 0 Å². The van der Waals surface area contributed by atoms with Gasteiger partial charge in [-0.15, -0.1) is 0 Å². The average molecular weight is 358 g/mol. The summed E-state index contributed by atoms with van der Waals surface area (Å²) in [5.74, 6) is -0.511. The van der Waals surface area contributed by atoms with E-state index in [-0.39, 0.29) is 13.0 Å². The van der Waals surface area contributed by atoms with Crippen molar-refractivity contribution in [1.82, 2.24) is 0 Å². The van der Waals surface area contributed by atoms with Crippen LogP contribution in [0.2, 0.25) is 0 Å². The molecular formula is C20H22O6. The van der Waals surface area contributed by atoms with Crippen molar-refractivity contribution in [3.8, 4) is 0 Å². The summed E-state index contributed by atoms with van der Waals surface area (Å²) in [7, 11) is 0. The first kappa shape index (κ1) is 18.5. The van der Waals surface area contributed by atoms with Crippen LogP contribution in [0.4, 0.5) is 0 Å². The smallest absolute Gasteiger partial charge is 0.338 e. The first-order chi connectivity index (χ1) is 12.6. The minimum Gasteiger partial charge on any atom is -0.459 e. The number of esters is 1. The maximum Gasteiger partial charge on any atom is 0.338 e. The Morgan fingerprint density at radius 3 is 2.38 bits per heavy atom. The van der Waals surface area contributed by atoms with Gasteiger partial charge in [-0.2, -0.15) is 0 Å². The molecule has 138 valence electrons. The minimum atomic E-state index is -1.08. The van der Waals surface area contributed by atoms with Gasteiger partial charge in [-0.1, -0.05) is 48.5 Å². The van der Waals surface area contributed by atoms with Crippen LogP contribution in [0.3, 0.4) is 0 Å². The molecule has 3 rings (SSSR count). The Morgan fingerprint density at radius 2 is 1.69 bits per heavy atom. The number of ether oxygens (including phenoxy) is 3. The molecule has 0 aliphatic carbocycles. The summed E-state index contributed by atoms with van der Waals surface area (Å²) in [5, 5.41) is 20.3. The van der Waals surface area contributed by atoms with E-state index in [4.69, 9.17) is 14.2 Å². The van der Waals surface area contributed by atoms with Crippen LogP contribution in [0.5, 0.6) is 0 Å². The van der Waals surface area contributed by atoms with Gasteiger partial charge in [0.1, 0.15) is 18.8 Å². The first-order valence-electron chi connectivity index (χ1n) is 8.53. The molecule has 0 saturated carbocycles. The highest BCUT2D eigenvalue weighted by Crippen LogP contribution is 2.23. The third kappa shape index (κ3) is 4.89. The second kappa shape index (κ2) is 8.91. The Kier molecular flexibility index (Phi) is 6.35. The fourth-order valence-electron chi connectivity index (χ4n) is 2.81. The van der Waals surface area contributed by atoms with Crippen LogP contribution in [-0.4, -0.2) is 47.4 Å². The lowest BCUT2D eigenvalue weighted by Crippen LogP contribution is -2.51. The zero-order valence-electron chi connectivity index (χ0n) is 14.2.